The van der Waals surface area contributed by atoms with Crippen LogP contribution in [0.1, 0.15) is 48.7 Å². The van der Waals surface area contributed by atoms with Gasteiger partial charge in [-0.25, -0.2) is 0 Å². The number of methoxy groups -OCH3 is 1. The van der Waals surface area contributed by atoms with Gasteiger partial charge in [0.2, 0.25) is 0 Å². The number of rotatable bonds is 8. The van der Waals surface area contributed by atoms with Crippen molar-refractivity contribution in [2.75, 3.05) is 26.7 Å². The van der Waals surface area contributed by atoms with Crippen LogP contribution in [-0.4, -0.2) is 48.2 Å². The summed E-state index contributed by atoms with van der Waals surface area (Å²) in [6.07, 6.45) is 4.83. The summed E-state index contributed by atoms with van der Waals surface area (Å²) in [6, 6.07) is 18.2. The van der Waals surface area contributed by atoms with Gasteiger partial charge in [0.05, 0.1) is 29.1 Å². The number of ether oxygens (including phenoxy) is 1. The molecule has 0 aliphatic carbocycles. The van der Waals surface area contributed by atoms with Crippen LogP contribution in [0.4, 0.5) is 0 Å². The van der Waals surface area contributed by atoms with Crippen molar-refractivity contribution in [3.05, 3.63) is 70.9 Å². The third-order valence-corrected chi connectivity index (χ3v) is 7.14. The van der Waals surface area contributed by atoms with Crippen molar-refractivity contribution in [3.63, 3.8) is 0 Å². The van der Waals surface area contributed by atoms with Crippen LogP contribution in [0.25, 0.3) is 16.9 Å². The van der Waals surface area contributed by atoms with Crippen LogP contribution in [0, 0.1) is 6.92 Å². The molecule has 34 heavy (non-hydrogen) atoms. The molecule has 1 atom stereocenters. The summed E-state index contributed by atoms with van der Waals surface area (Å²) >= 11 is 6.57. The summed E-state index contributed by atoms with van der Waals surface area (Å²) in [6.45, 7) is 7.13. The third-order valence-electron chi connectivity index (χ3n) is 6.82. The third kappa shape index (κ3) is 5.31. The lowest BCUT2D eigenvalue weighted by Gasteiger charge is -2.33. The molecule has 1 aliphatic heterocycles. The summed E-state index contributed by atoms with van der Waals surface area (Å²) in [5.74, 6) is 0.738. The molecule has 2 aromatic carbocycles. The molecule has 0 spiro atoms. The van der Waals surface area contributed by atoms with Crippen molar-refractivity contribution >= 4 is 17.5 Å². The highest BCUT2D eigenvalue weighted by atomic mass is 35.5. The summed E-state index contributed by atoms with van der Waals surface area (Å²) in [7, 11) is 1.65. The number of nitrogens with zero attached hydrogens (tertiary/aromatic N) is 2. The van der Waals surface area contributed by atoms with E-state index in [1.807, 2.05) is 61.5 Å². The molecule has 4 rings (SSSR count). The fourth-order valence-electron chi connectivity index (χ4n) is 4.82. The summed E-state index contributed by atoms with van der Waals surface area (Å²) < 4.78 is 7.38. The summed E-state index contributed by atoms with van der Waals surface area (Å²) in [5.41, 5.74) is 4.28. The molecule has 1 fully saturated rings. The lowest BCUT2D eigenvalue weighted by Crippen LogP contribution is -2.39. The number of aromatic nitrogens is 1. The molecule has 6 heteroatoms. The predicted octanol–water partition coefficient (Wildman–Crippen LogP) is 6.11. The van der Waals surface area contributed by atoms with E-state index in [4.69, 9.17) is 16.3 Å². The first-order chi connectivity index (χ1) is 16.5. The highest BCUT2D eigenvalue weighted by molar-refractivity contribution is 6.32. The SMILES string of the molecule is COc1ccc(-c2cc(C(=O)NCCCN3CCCCC3C)c(C)n2-c2ccccc2Cl)cc1. The summed E-state index contributed by atoms with van der Waals surface area (Å²) in [5, 5.41) is 3.78. The Hall–Kier alpha value is -2.76. The number of para-hydroxylation sites is 1. The Bertz CT molecular complexity index is 1120. The molecule has 5 nitrogen and oxygen atoms in total. The highest BCUT2D eigenvalue weighted by Gasteiger charge is 2.21. The largest absolute Gasteiger partial charge is 0.497 e. The average Bonchev–Trinajstić information content (AvgIpc) is 3.20. The number of halogens is 1. The minimum atomic E-state index is -0.0512. The lowest BCUT2D eigenvalue weighted by atomic mass is 10.0. The van der Waals surface area contributed by atoms with Crippen molar-refractivity contribution in [2.24, 2.45) is 0 Å². The van der Waals surface area contributed by atoms with Gasteiger partial charge in [-0.15, -0.1) is 0 Å². The predicted molar refractivity (Wildman–Crippen MR) is 139 cm³/mol. The summed E-state index contributed by atoms with van der Waals surface area (Å²) in [4.78, 5) is 15.7. The monoisotopic (exact) mass is 479 g/mol. The molecule has 1 aliphatic rings. The fourth-order valence-corrected chi connectivity index (χ4v) is 5.04. The van der Waals surface area contributed by atoms with E-state index >= 15 is 0 Å². The first-order valence-electron chi connectivity index (χ1n) is 12.1. The molecule has 0 saturated carbocycles. The van der Waals surface area contributed by atoms with Crippen molar-refractivity contribution < 1.29 is 9.53 Å². The first kappa shape index (κ1) is 24.4. The van der Waals surface area contributed by atoms with Gasteiger partial charge >= 0.3 is 0 Å². The van der Waals surface area contributed by atoms with E-state index in [0.29, 0.717) is 23.2 Å². The number of hydrogen-bond acceptors (Lipinski definition) is 3. The molecular weight excluding hydrogens is 446 g/mol. The molecule has 1 amide bonds. The van der Waals surface area contributed by atoms with Gasteiger partial charge in [0.25, 0.3) is 5.91 Å². The molecule has 1 saturated heterocycles. The van der Waals surface area contributed by atoms with Crippen LogP contribution >= 0.6 is 11.6 Å². The molecule has 3 aromatic rings. The van der Waals surface area contributed by atoms with Gasteiger partial charge in [0.1, 0.15) is 5.75 Å². The second kappa shape index (κ2) is 11.1. The molecule has 1 N–H and O–H groups in total. The lowest BCUT2D eigenvalue weighted by molar-refractivity contribution is 0.0948. The second-order valence-corrected chi connectivity index (χ2v) is 9.44. The number of amides is 1. The maximum absolute atomic E-state index is 13.2. The van der Waals surface area contributed by atoms with E-state index in [-0.39, 0.29) is 5.91 Å². The van der Waals surface area contributed by atoms with Crippen LogP contribution in [-0.2, 0) is 0 Å². The van der Waals surface area contributed by atoms with E-state index in [1.54, 1.807) is 7.11 Å². The van der Waals surface area contributed by atoms with E-state index in [1.165, 1.54) is 25.8 Å². The Labute approximate surface area is 207 Å². The van der Waals surface area contributed by atoms with Crippen molar-refractivity contribution in [1.82, 2.24) is 14.8 Å². The molecule has 180 valence electrons. The van der Waals surface area contributed by atoms with Gasteiger partial charge in [-0.05, 0) is 87.7 Å². The zero-order chi connectivity index (χ0) is 24.1. The highest BCUT2D eigenvalue weighted by Crippen LogP contribution is 2.33. The van der Waals surface area contributed by atoms with Crippen LogP contribution < -0.4 is 10.1 Å². The minimum Gasteiger partial charge on any atom is -0.497 e. The number of likely N-dealkylation sites (tertiary alicyclic amines) is 1. The fraction of sp³-hybridized carbons (Fsp3) is 0.393. The maximum Gasteiger partial charge on any atom is 0.253 e. The number of nitrogens with one attached hydrogen (secondary N) is 1. The maximum atomic E-state index is 13.2. The Balaban J connectivity index is 1.56. The average molecular weight is 480 g/mol. The molecule has 1 aromatic heterocycles. The molecule has 2 heterocycles. The number of piperidine rings is 1. The van der Waals surface area contributed by atoms with E-state index < -0.39 is 0 Å². The molecule has 1 unspecified atom stereocenters. The number of carbonyl (C=O) groups excluding carboxylic acids is 1. The molecule has 0 radical (unpaired) electrons. The standard InChI is InChI=1S/C28H34ClN3O2/c1-20-9-6-7-17-31(20)18-8-16-30-28(33)24-19-27(22-12-14-23(34-3)15-13-22)32(21(24)2)26-11-5-4-10-25(26)29/h4-5,10-15,19-20H,6-9,16-18H2,1-3H3,(H,30,33). The van der Waals surface area contributed by atoms with E-state index in [9.17, 15) is 4.79 Å². The minimum absolute atomic E-state index is 0.0512. The molecular formula is C28H34ClN3O2. The number of hydrogen-bond donors (Lipinski definition) is 1. The first-order valence-corrected chi connectivity index (χ1v) is 12.5. The van der Waals surface area contributed by atoms with E-state index in [2.05, 4.69) is 21.7 Å². The molecule has 0 bridgehead atoms. The zero-order valence-electron chi connectivity index (χ0n) is 20.3. The van der Waals surface area contributed by atoms with Gasteiger partial charge < -0.3 is 19.5 Å². The Kier molecular flexibility index (Phi) is 7.96. The quantitative estimate of drug-likeness (QED) is 0.396. The van der Waals surface area contributed by atoms with Gasteiger partial charge in [0, 0.05) is 24.8 Å². The smallest absolute Gasteiger partial charge is 0.253 e. The van der Waals surface area contributed by atoms with Crippen LogP contribution in [0.5, 0.6) is 5.75 Å². The number of carbonyl (C=O) groups is 1. The van der Waals surface area contributed by atoms with Gasteiger partial charge in [-0.3, -0.25) is 4.79 Å². The van der Waals surface area contributed by atoms with Crippen molar-refractivity contribution in [1.29, 1.82) is 0 Å². The van der Waals surface area contributed by atoms with E-state index in [0.717, 1.165) is 41.4 Å². The topological polar surface area (TPSA) is 46.5 Å². The van der Waals surface area contributed by atoms with Gasteiger partial charge in [-0.1, -0.05) is 30.2 Å². The van der Waals surface area contributed by atoms with Crippen LogP contribution in [0.2, 0.25) is 5.02 Å². The normalized spacial score (nSPS) is 16.4. The zero-order valence-corrected chi connectivity index (χ0v) is 21.1. The number of benzene rings is 2. The van der Waals surface area contributed by atoms with Crippen LogP contribution in [0.15, 0.2) is 54.6 Å². The van der Waals surface area contributed by atoms with Gasteiger partial charge in [-0.2, -0.15) is 0 Å². The Morgan fingerprint density at radius 1 is 1.15 bits per heavy atom. The van der Waals surface area contributed by atoms with Gasteiger partial charge in [0.15, 0.2) is 0 Å². The Morgan fingerprint density at radius 2 is 1.91 bits per heavy atom. The van der Waals surface area contributed by atoms with Crippen LogP contribution in [0.3, 0.4) is 0 Å². The Morgan fingerprint density at radius 3 is 2.62 bits per heavy atom. The second-order valence-electron chi connectivity index (χ2n) is 9.03. The van der Waals surface area contributed by atoms with Crippen molar-refractivity contribution in [2.45, 2.75) is 45.6 Å². The van der Waals surface area contributed by atoms with Crippen molar-refractivity contribution in [3.8, 4) is 22.7 Å².